The van der Waals surface area contributed by atoms with Gasteiger partial charge in [-0.25, -0.2) is 4.98 Å². The number of thioether (sulfide) groups is 1. The number of nitrogens with zero attached hydrogens (tertiary/aromatic N) is 4. The van der Waals surface area contributed by atoms with E-state index in [1.165, 1.54) is 0 Å². The van der Waals surface area contributed by atoms with E-state index in [2.05, 4.69) is 20.0 Å². The van der Waals surface area contributed by atoms with E-state index in [1.54, 1.807) is 23.4 Å². The van der Waals surface area contributed by atoms with Crippen LogP contribution in [0.1, 0.15) is 53.7 Å². The molecular weight excluding hydrogens is 338 g/mol. The molecule has 134 valence electrons. The third-order valence-electron chi connectivity index (χ3n) is 4.40. The van der Waals surface area contributed by atoms with Gasteiger partial charge in [-0.05, 0) is 27.7 Å². The molecule has 8 heteroatoms. The summed E-state index contributed by atoms with van der Waals surface area (Å²) in [5.74, 6) is 1.02. The molecule has 0 saturated heterocycles. The largest absolute Gasteiger partial charge is 0.350 e. The Morgan fingerprint density at radius 3 is 2.80 bits per heavy atom. The molecule has 2 aromatic heterocycles. The number of hydrogen-bond acceptors (Lipinski definition) is 5. The molecule has 0 aliphatic carbocycles. The number of aromatic nitrogens is 4. The maximum atomic E-state index is 12.3. The summed E-state index contributed by atoms with van der Waals surface area (Å²) < 4.78 is 3.89. The fourth-order valence-electron chi connectivity index (χ4n) is 3.26. The Balaban J connectivity index is 1.59. The molecule has 0 aromatic carbocycles. The minimum absolute atomic E-state index is 0.00334. The first-order valence-corrected chi connectivity index (χ1v) is 9.37. The average molecular weight is 361 g/mol. The molecule has 2 aromatic rings. The minimum Gasteiger partial charge on any atom is -0.350 e. The number of amides is 1. The van der Waals surface area contributed by atoms with Gasteiger partial charge >= 0.3 is 0 Å². The highest BCUT2D eigenvalue weighted by atomic mass is 32.2. The summed E-state index contributed by atoms with van der Waals surface area (Å²) in [5, 5.41) is 8.38. The van der Waals surface area contributed by atoms with Crippen molar-refractivity contribution in [1.29, 1.82) is 0 Å². The molecule has 25 heavy (non-hydrogen) atoms. The zero-order valence-corrected chi connectivity index (χ0v) is 15.8. The zero-order chi connectivity index (χ0) is 18.1. The van der Waals surface area contributed by atoms with Crippen molar-refractivity contribution in [3.63, 3.8) is 0 Å². The van der Waals surface area contributed by atoms with Crippen LogP contribution in [0.5, 0.6) is 0 Å². The fourth-order valence-corrected chi connectivity index (χ4v) is 4.23. The molecule has 0 spiro atoms. The van der Waals surface area contributed by atoms with Crippen LogP contribution in [0.4, 0.5) is 0 Å². The van der Waals surface area contributed by atoms with Gasteiger partial charge in [0.05, 0.1) is 29.5 Å². The quantitative estimate of drug-likeness (QED) is 0.798. The molecule has 0 bridgehead atoms. The van der Waals surface area contributed by atoms with Gasteiger partial charge in [-0.3, -0.25) is 14.3 Å². The molecular formula is C17H23N5O2S. The summed E-state index contributed by atoms with van der Waals surface area (Å²) in [6, 6.07) is -0.116. The van der Waals surface area contributed by atoms with Crippen LogP contribution >= 0.6 is 11.8 Å². The van der Waals surface area contributed by atoms with Gasteiger partial charge in [0.15, 0.2) is 10.9 Å². The first-order chi connectivity index (χ1) is 11.9. The Morgan fingerprint density at radius 1 is 1.40 bits per heavy atom. The molecule has 7 nitrogen and oxygen atoms in total. The van der Waals surface area contributed by atoms with E-state index in [0.717, 1.165) is 28.8 Å². The maximum Gasteiger partial charge on any atom is 0.222 e. The van der Waals surface area contributed by atoms with Crippen molar-refractivity contribution >= 4 is 23.5 Å². The van der Waals surface area contributed by atoms with Gasteiger partial charge in [0.25, 0.3) is 0 Å². The Bertz CT molecular complexity index is 802. The minimum atomic E-state index is -0.116. The van der Waals surface area contributed by atoms with Crippen molar-refractivity contribution in [3.8, 4) is 0 Å². The summed E-state index contributed by atoms with van der Waals surface area (Å²) in [5.41, 5.74) is 3.06. The number of nitrogens with one attached hydrogen (secondary N) is 1. The number of hydrogen-bond donors (Lipinski definition) is 1. The third-order valence-corrected chi connectivity index (χ3v) is 5.37. The van der Waals surface area contributed by atoms with E-state index >= 15 is 0 Å². The molecule has 0 radical (unpaired) electrons. The molecule has 3 rings (SSSR count). The summed E-state index contributed by atoms with van der Waals surface area (Å²) in [4.78, 5) is 28.5. The third kappa shape index (κ3) is 3.63. The SMILES string of the molecule is CC(=O)c1c(C)nn([C@@H](C)CC(=O)NCc2cn3c(n2)SCC3)c1C. The average Bonchev–Trinajstić information content (AvgIpc) is 3.18. The van der Waals surface area contributed by atoms with Crippen LogP contribution in [-0.4, -0.2) is 36.8 Å². The summed E-state index contributed by atoms with van der Waals surface area (Å²) in [6.45, 7) is 8.58. The van der Waals surface area contributed by atoms with Gasteiger partial charge in [0.1, 0.15) is 0 Å². The Labute approximate surface area is 151 Å². The van der Waals surface area contributed by atoms with Crippen molar-refractivity contribution in [3.05, 3.63) is 28.8 Å². The van der Waals surface area contributed by atoms with Crippen LogP contribution in [-0.2, 0) is 17.9 Å². The highest BCUT2D eigenvalue weighted by Crippen LogP contribution is 2.24. The normalized spacial score (nSPS) is 14.4. The molecule has 0 saturated carbocycles. The molecule has 1 aliphatic rings. The van der Waals surface area contributed by atoms with Crippen LogP contribution in [0.2, 0.25) is 0 Å². The van der Waals surface area contributed by atoms with Crippen molar-refractivity contribution < 1.29 is 9.59 Å². The van der Waals surface area contributed by atoms with Crippen LogP contribution in [0.3, 0.4) is 0 Å². The Morgan fingerprint density at radius 2 is 2.16 bits per heavy atom. The number of carbonyl (C=O) groups excluding carboxylic acids is 2. The standard InChI is InChI=1S/C17H23N5O2S/c1-10(22-12(3)16(13(4)23)11(2)20-22)7-15(24)18-8-14-9-21-5-6-25-17(21)19-14/h9-10H,5-8H2,1-4H3,(H,18,24)/t10-/m0/s1. The van der Waals surface area contributed by atoms with E-state index in [9.17, 15) is 9.59 Å². The van der Waals surface area contributed by atoms with Gasteiger partial charge in [0.2, 0.25) is 5.91 Å². The molecule has 1 N–H and O–H groups in total. The zero-order valence-electron chi connectivity index (χ0n) is 15.0. The molecule has 0 fully saturated rings. The molecule has 0 unspecified atom stereocenters. The number of carbonyl (C=O) groups is 2. The second kappa shape index (κ2) is 7.03. The second-order valence-corrected chi connectivity index (χ2v) is 7.50. The number of Topliss-reactive ketones (excluding diaryl/α,β-unsaturated/α-hetero) is 1. The van der Waals surface area contributed by atoms with E-state index < -0.39 is 0 Å². The number of fused-ring (bicyclic) bond motifs is 1. The number of rotatable bonds is 6. The molecule has 1 aliphatic heterocycles. The fraction of sp³-hybridized carbons (Fsp3) is 0.529. The van der Waals surface area contributed by atoms with Crippen molar-refractivity contribution in [2.45, 2.75) is 58.4 Å². The lowest BCUT2D eigenvalue weighted by atomic mass is 10.1. The number of imidazole rings is 1. The highest BCUT2D eigenvalue weighted by Gasteiger charge is 2.20. The van der Waals surface area contributed by atoms with Crippen LogP contribution in [0.25, 0.3) is 0 Å². The summed E-state index contributed by atoms with van der Waals surface area (Å²) in [7, 11) is 0. The van der Waals surface area contributed by atoms with E-state index in [-0.39, 0.29) is 17.7 Å². The monoisotopic (exact) mass is 361 g/mol. The smallest absolute Gasteiger partial charge is 0.222 e. The predicted molar refractivity (Wildman–Crippen MR) is 95.8 cm³/mol. The first kappa shape index (κ1) is 17.7. The summed E-state index contributed by atoms with van der Waals surface area (Å²) >= 11 is 1.74. The van der Waals surface area contributed by atoms with Gasteiger partial charge in [-0.1, -0.05) is 11.8 Å². The van der Waals surface area contributed by atoms with Crippen LogP contribution < -0.4 is 5.32 Å². The lowest BCUT2D eigenvalue weighted by molar-refractivity contribution is -0.122. The maximum absolute atomic E-state index is 12.3. The van der Waals surface area contributed by atoms with Gasteiger partial charge < -0.3 is 9.88 Å². The van der Waals surface area contributed by atoms with E-state index in [1.807, 2.05) is 27.0 Å². The first-order valence-electron chi connectivity index (χ1n) is 8.39. The van der Waals surface area contributed by atoms with Crippen molar-refractivity contribution in [2.75, 3.05) is 5.75 Å². The molecule has 3 heterocycles. The van der Waals surface area contributed by atoms with E-state index in [4.69, 9.17) is 0 Å². The Hall–Kier alpha value is -2.09. The van der Waals surface area contributed by atoms with Gasteiger partial charge in [-0.2, -0.15) is 5.10 Å². The van der Waals surface area contributed by atoms with Gasteiger partial charge in [-0.15, -0.1) is 0 Å². The Kier molecular flexibility index (Phi) is 4.99. The van der Waals surface area contributed by atoms with Crippen LogP contribution in [0, 0.1) is 13.8 Å². The number of aryl methyl sites for hydroxylation is 2. The highest BCUT2D eigenvalue weighted by molar-refractivity contribution is 7.99. The second-order valence-electron chi connectivity index (χ2n) is 6.43. The van der Waals surface area contributed by atoms with Crippen molar-refractivity contribution in [2.24, 2.45) is 0 Å². The lowest BCUT2D eigenvalue weighted by Gasteiger charge is -2.14. The molecule has 1 atom stereocenters. The topological polar surface area (TPSA) is 81.8 Å². The lowest BCUT2D eigenvalue weighted by Crippen LogP contribution is -2.26. The molecule has 1 amide bonds. The van der Waals surface area contributed by atoms with Crippen LogP contribution in [0.15, 0.2) is 11.4 Å². The van der Waals surface area contributed by atoms with E-state index in [0.29, 0.717) is 24.2 Å². The summed E-state index contributed by atoms with van der Waals surface area (Å²) in [6.07, 6.45) is 2.31. The van der Waals surface area contributed by atoms with Crippen molar-refractivity contribution in [1.82, 2.24) is 24.6 Å². The number of ketones is 1. The predicted octanol–water partition coefficient (Wildman–Crippen LogP) is 2.27. The van der Waals surface area contributed by atoms with Gasteiger partial charge in [0, 0.05) is 30.6 Å².